The molecule has 0 unspecified atom stereocenters. The number of pyridine rings is 1. The predicted octanol–water partition coefficient (Wildman–Crippen LogP) is 4.04. The van der Waals surface area contributed by atoms with Gasteiger partial charge in [-0.1, -0.05) is 18.2 Å². The second-order valence-electron chi connectivity index (χ2n) is 7.42. The number of carbonyl (C=O) groups excluding carboxylic acids is 1. The Labute approximate surface area is 190 Å². The number of rotatable bonds is 7. The first-order chi connectivity index (χ1) is 15.2. The minimum Gasteiger partial charge on any atom is -0.345 e. The van der Waals surface area contributed by atoms with E-state index in [9.17, 15) is 13.2 Å². The second kappa shape index (κ2) is 8.71. The van der Waals surface area contributed by atoms with E-state index in [2.05, 4.69) is 15.1 Å². The van der Waals surface area contributed by atoms with Crippen molar-refractivity contribution in [3.8, 4) is 10.6 Å². The zero-order valence-electron chi connectivity index (χ0n) is 17.9. The number of carbonyl (C=O) groups is 1. The lowest BCUT2D eigenvalue weighted by Gasteiger charge is -2.16. The maximum Gasteiger partial charge on any atom is 0.252 e. The zero-order chi connectivity index (χ0) is 22.9. The summed E-state index contributed by atoms with van der Waals surface area (Å²) in [5.74, 6) is -0.225. The van der Waals surface area contributed by atoms with Gasteiger partial charge in [0.2, 0.25) is 10.0 Å². The highest BCUT2D eigenvalue weighted by atomic mass is 32.2. The molecule has 0 saturated carbocycles. The number of sulfonamides is 1. The van der Waals surface area contributed by atoms with E-state index in [-0.39, 0.29) is 11.9 Å². The number of nitrogens with zero attached hydrogens (tertiary/aromatic N) is 3. The number of nitrogens with one attached hydrogen (secondary N) is 2. The van der Waals surface area contributed by atoms with Crippen LogP contribution in [0.5, 0.6) is 0 Å². The highest BCUT2D eigenvalue weighted by Crippen LogP contribution is 2.28. The van der Waals surface area contributed by atoms with Crippen LogP contribution in [-0.2, 0) is 16.6 Å². The Bertz CT molecular complexity index is 1360. The van der Waals surface area contributed by atoms with E-state index in [1.165, 1.54) is 0 Å². The zero-order valence-corrected chi connectivity index (χ0v) is 19.5. The lowest BCUT2D eigenvalue weighted by molar-refractivity contribution is 0.0941. The van der Waals surface area contributed by atoms with Crippen molar-refractivity contribution < 1.29 is 13.2 Å². The largest absolute Gasteiger partial charge is 0.345 e. The van der Waals surface area contributed by atoms with E-state index in [0.29, 0.717) is 28.8 Å². The maximum absolute atomic E-state index is 13.3. The molecule has 2 N–H and O–H groups in total. The third-order valence-corrected chi connectivity index (χ3v) is 6.49. The summed E-state index contributed by atoms with van der Waals surface area (Å²) in [6.07, 6.45) is 2.78. The number of thiophene rings is 1. The third kappa shape index (κ3) is 4.66. The molecule has 10 heteroatoms. The quantitative estimate of drug-likeness (QED) is 0.425. The molecule has 0 aliphatic heterocycles. The Balaban J connectivity index is 1.63. The normalized spacial score (nSPS) is 12.6. The summed E-state index contributed by atoms with van der Waals surface area (Å²) in [5, 5.41) is 10.1. The summed E-state index contributed by atoms with van der Waals surface area (Å²) in [5.41, 5.74) is 3.24. The minimum atomic E-state index is -3.34. The van der Waals surface area contributed by atoms with Crippen LogP contribution in [0, 0.1) is 0 Å². The van der Waals surface area contributed by atoms with Crippen LogP contribution in [0.4, 0.5) is 5.69 Å². The van der Waals surface area contributed by atoms with Crippen LogP contribution in [0.2, 0.25) is 0 Å². The molecule has 0 spiro atoms. The summed E-state index contributed by atoms with van der Waals surface area (Å²) < 4.78 is 27.0. The van der Waals surface area contributed by atoms with Gasteiger partial charge in [0.25, 0.3) is 5.91 Å². The molecule has 1 amide bonds. The molecule has 4 aromatic rings. The molecule has 8 nitrogen and oxygen atoms in total. The molecular weight excluding hydrogens is 446 g/mol. The van der Waals surface area contributed by atoms with E-state index in [0.717, 1.165) is 22.4 Å². The summed E-state index contributed by atoms with van der Waals surface area (Å²) in [6, 6.07) is 12.4. The first kappa shape index (κ1) is 22.0. The maximum atomic E-state index is 13.3. The molecule has 166 valence electrons. The molecule has 4 rings (SSSR count). The number of anilines is 1. The Kier molecular flexibility index (Phi) is 5.98. The van der Waals surface area contributed by atoms with Gasteiger partial charge in [-0.15, -0.1) is 11.3 Å². The molecule has 3 heterocycles. The summed E-state index contributed by atoms with van der Waals surface area (Å²) in [4.78, 5) is 19.0. The van der Waals surface area contributed by atoms with Gasteiger partial charge in [0.05, 0.1) is 40.0 Å². The fourth-order valence-electron chi connectivity index (χ4n) is 3.43. The molecule has 0 aliphatic carbocycles. The number of benzene rings is 1. The Morgan fingerprint density at radius 2 is 1.97 bits per heavy atom. The average Bonchev–Trinajstić information content (AvgIpc) is 3.42. The SMILES string of the molecule is CCn1ncc2c(C(=O)N[C@H](C)c3ccc(NS(C)(=O)=O)cc3)cc(-c3cccs3)nc21. The van der Waals surface area contributed by atoms with Crippen LogP contribution in [0.15, 0.2) is 54.0 Å². The highest BCUT2D eigenvalue weighted by molar-refractivity contribution is 7.92. The van der Waals surface area contributed by atoms with E-state index in [1.54, 1.807) is 52.5 Å². The van der Waals surface area contributed by atoms with Gasteiger partial charge in [-0.25, -0.2) is 18.1 Å². The fraction of sp³-hybridized carbons (Fsp3) is 0.227. The molecule has 1 atom stereocenters. The van der Waals surface area contributed by atoms with E-state index >= 15 is 0 Å². The number of amides is 1. The van der Waals surface area contributed by atoms with Gasteiger partial charge in [-0.05, 0) is 49.1 Å². The van der Waals surface area contributed by atoms with Crippen molar-refractivity contribution in [2.24, 2.45) is 0 Å². The monoisotopic (exact) mass is 469 g/mol. The number of hydrogen-bond donors (Lipinski definition) is 2. The topological polar surface area (TPSA) is 106 Å². The van der Waals surface area contributed by atoms with Crippen LogP contribution in [0.25, 0.3) is 21.6 Å². The van der Waals surface area contributed by atoms with Crippen molar-refractivity contribution in [2.75, 3.05) is 11.0 Å². The van der Waals surface area contributed by atoms with Crippen LogP contribution >= 0.6 is 11.3 Å². The Morgan fingerprint density at radius 1 is 1.22 bits per heavy atom. The Morgan fingerprint density at radius 3 is 2.59 bits per heavy atom. The van der Waals surface area contributed by atoms with Crippen LogP contribution < -0.4 is 10.0 Å². The lowest BCUT2D eigenvalue weighted by atomic mass is 10.1. The summed E-state index contributed by atoms with van der Waals surface area (Å²) in [6.45, 7) is 4.51. The highest BCUT2D eigenvalue weighted by Gasteiger charge is 2.19. The number of aryl methyl sites for hydroxylation is 1. The van der Waals surface area contributed by atoms with Gasteiger partial charge >= 0.3 is 0 Å². The molecule has 0 radical (unpaired) electrons. The van der Waals surface area contributed by atoms with Crippen molar-refractivity contribution in [1.82, 2.24) is 20.1 Å². The van der Waals surface area contributed by atoms with Crippen LogP contribution in [0.3, 0.4) is 0 Å². The molecule has 0 bridgehead atoms. The standard InChI is InChI=1S/C22H23N5O3S2/c1-4-27-21-18(13-23-27)17(12-19(25-21)20-6-5-11-31-20)22(28)24-14(2)15-7-9-16(10-8-15)26-32(3,29)30/h5-14,26H,4H2,1-3H3,(H,24,28)/t14-/m1/s1. The van der Waals surface area contributed by atoms with Gasteiger partial charge in [0, 0.05) is 12.2 Å². The number of fused-ring (bicyclic) bond motifs is 1. The van der Waals surface area contributed by atoms with Crippen molar-refractivity contribution in [2.45, 2.75) is 26.4 Å². The smallest absolute Gasteiger partial charge is 0.252 e. The van der Waals surface area contributed by atoms with Gasteiger partial charge in [-0.2, -0.15) is 5.10 Å². The molecule has 1 aromatic carbocycles. The first-order valence-corrected chi connectivity index (χ1v) is 12.8. The van der Waals surface area contributed by atoms with Gasteiger partial charge < -0.3 is 5.32 Å². The van der Waals surface area contributed by atoms with Crippen molar-refractivity contribution in [1.29, 1.82) is 0 Å². The average molecular weight is 470 g/mol. The predicted molar refractivity (Wildman–Crippen MR) is 127 cm³/mol. The van der Waals surface area contributed by atoms with Crippen molar-refractivity contribution in [3.05, 3.63) is 65.2 Å². The van der Waals surface area contributed by atoms with E-state index < -0.39 is 10.0 Å². The van der Waals surface area contributed by atoms with Gasteiger partial charge in [-0.3, -0.25) is 9.52 Å². The summed E-state index contributed by atoms with van der Waals surface area (Å²) >= 11 is 1.56. The molecule has 0 saturated heterocycles. The van der Waals surface area contributed by atoms with E-state index in [1.807, 2.05) is 31.4 Å². The molecule has 0 aliphatic rings. The first-order valence-electron chi connectivity index (χ1n) is 10.0. The molecule has 0 fully saturated rings. The third-order valence-electron chi connectivity index (χ3n) is 4.99. The lowest BCUT2D eigenvalue weighted by Crippen LogP contribution is -2.27. The van der Waals surface area contributed by atoms with Crippen LogP contribution in [0.1, 0.15) is 35.8 Å². The minimum absolute atomic E-state index is 0.225. The fourth-order valence-corrected chi connectivity index (χ4v) is 4.68. The number of aromatic nitrogens is 3. The molecule has 3 aromatic heterocycles. The van der Waals surface area contributed by atoms with E-state index in [4.69, 9.17) is 4.98 Å². The molecule has 32 heavy (non-hydrogen) atoms. The van der Waals surface area contributed by atoms with Crippen molar-refractivity contribution in [3.63, 3.8) is 0 Å². The Hall–Kier alpha value is -3.24. The van der Waals surface area contributed by atoms with Gasteiger partial charge in [0.1, 0.15) is 0 Å². The molecular formula is C22H23N5O3S2. The van der Waals surface area contributed by atoms with Crippen molar-refractivity contribution >= 4 is 44.0 Å². The van der Waals surface area contributed by atoms with Gasteiger partial charge in [0.15, 0.2) is 5.65 Å². The summed E-state index contributed by atoms with van der Waals surface area (Å²) in [7, 11) is -3.34. The second-order valence-corrected chi connectivity index (χ2v) is 10.1. The number of hydrogen-bond acceptors (Lipinski definition) is 6. The van der Waals surface area contributed by atoms with Crippen LogP contribution in [-0.4, -0.2) is 35.3 Å².